The fourth-order valence-corrected chi connectivity index (χ4v) is 5.99. The molecule has 1 aromatic carbocycles. The Kier molecular flexibility index (Phi) is 32.3. The largest absolute Gasteiger partial charge is 0.494 e. The molecule has 0 aromatic heterocycles. The Morgan fingerprint density at radius 1 is 0.489 bits per heavy atom. The summed E-state index contributed by atoms with van der Waals surface area (Å²) in [6.45, 7) is 5.80. The molecular formula is C44H76O3. The normalized spacial score (nSPS) is 11.6. The van der Waals surface area contributed by atoms with Crippen LogP contribution < -0.4 is 4.74 Å². The molecular weight excluding hydrogens is 576 g/mol. The summed E-state index contributed by atoms with van der Waals surface area (Å²) in [6.07, 6.45) is 45.8. The van der Waals surface area contributed by atoms with Gasteiger partial charge in [0.25, 0.3) is 0 Å². The van der Waals surface area contributed by atoms with Gasteiger partial charge in [-0.25, -0.2) is 0 Å². The van der Waals surface area contributed by atoms with E-state index < -0.39 is 0 Å². The molecule has 270 valence electrons. The molecule has 0 aliphatic rings. The molecule has 3 heteroatoms. The van der Waals surface area contributed by atoms with Crippen molar-refractivity contribution >= 4 is 5.97 Å². The molecule has 0 radical (unpaired) electrons. The highest BCUT2D eigenvalue weighted by Gasteiger charge is 2.04. The Morgan fingerprint density at radius 3 is 1.36 bits per heavy atom. The maximum absolute atomic E-state index is 12.1. The quantitative estimate of drug-likeness (QED) is 0.0416. The number of ether oxygens (including phenoxy) is 2. The van der Waals surface area contributed by atoms with Crippen LogP contribution in [0, 0.1) is 0 Å². The molecule has 0 N–H and O–H groups in total. The molecule has 3 nitrogen and oxygen atoms in total. The van der Waals surface area contributed by atoms with E-state index in [0.29, 0.717) is 13.0 Å². The fourth-order valence-electron chi connectivity index (χ4n) is 5.99. The summed E-state index contributed by atoms with van der Waals surface area (Å²) >= 11 is 0. The minimum atomic E-state index is -0.0572. The van der Waals surface area contributed by atoms with Crippen molar-refractivity contribution in [2.75, 3.05) is 13.2 Å². The van der Waals surface area contributed by atoms with Crippen molar-refractivity contribution in [2.45, 2.75) is 200 Å². The zero-order valence-corrected chi connectivity index (χ0v) is 31.3. The van der Waals surface area contributed by atoms with Gasteiger partial charge >= 0.3 is 5.97 Å². The number of hydrogen-bond donors (Lipinski definition) is 0. The predicted molar refractivity (Wildman–Crippen MR) is 206 cm³/mol. The molecule has 0 saturated heterocycles. The summed E-state index contributed by atoms with van der Waals surface area (Å²) in [5, 5.41) is 0. The van der Waals surface area contributed by atoms with Crippen molar-refractivity contribution in [1.29, 1.82) is 0 Å². The lowest BCUT2D eigenvalue weighted by Gasteiger charge is -2.08. The highest BCUT2D eigenvalue weighted by molar-refractivity contribution is 5.69. The van der Waals surface area contributed by atoms with E-state index in [0.717, 1.165) is 38.0 Å². The van der Waals surface area contributed by atoms with E-state index in [1.807, 2.05) is 12.1 Å². The number of benzene rings is 1. The average molecular weight is 653 g/mol. The van der Waals surface area contributed by atoms with Crippen LogP contribution in [-0.4, -0.2) is 19.2 Å². The lowest BCUT2D eigenvalue weighted by molar-refractivity contribution is -0.143. The van der Waals surface area contributed by atoms with Crippen LogP contribution in [0.1, 0.15) is 199 Å². The molecule has 0 spiro atoms. The molecule has 0 aliphatic heterocycles. The molecule has 0 bridgehead atoms. The zero-order valence-electron chi connectivity index (χ0n) is 31.3. The van der Waals surface area contributed by atoms with Gasteiger partial charge in [0, 0.05) is 12.8 Å². The first-order chi connectivity index (χ1) is 23.3. The monoisotopic (exact) mass is 653 g/mol. The first kappa shape index (κ1) is 43.0. The Morgan fingerprint density at radius 2 is 0.894 bits per heavy atom. The molecule has 1 rings (SSSR count). The van der Waals surface area contributed by atoms with Crippen LogP contribution in [0.5, 0.6) is 5.75 Å². The van der Waals surface area contributed by atoms with Gasteiger partial charge < -0.3 is 9.47 Å². The minimum Gasteiger partial charge on any atom is -0.494 e. The Bertz CT molecular complexity index is 840. The van der Waals surface area contributed by atoms with Gasteiger partial charge in [-0.1, -0.05) is 159 Å². The predicted octanol–water partition coefficient (Wildman–Crippen LogP) is 14.2. The second-order valence-electron chi connectivity index (χ2n) is 13.7. The van der Waals surface area contributed by atoms with E-state index >= 15 is 0 Å². The van der Waals surface area contributed by atoms with Crippen molar-refractivity contribution in [1.82, 2.24) is 0 Å². The van der Waals surface area contributed by atoms with E-state index in [1.165, 1.54) is 160 Å². The second-order valence-corrected chi connectivity index (χ2v) is 13.7. The molecule has 47 heavy (non-hydrogen) atoms. The van der Waals surface area contributed by atoms with Crippen LogP contribution in [0.4, 0.5) is 0 Å². The van der Waals surface area contributed by atoms with Crippen molar-refractivity contribution in [3.63, 3.8) is 0 Å². The van der Waals surface area contributed by atoms with E-state index in [9.17, 15) is 4.79 Å². The Hall–Kier alpha value is -2.03. The van der Waals surface area contributed by atoms with Crippen molar-refractivity contribution in [3.05, 3.63) is 54.1 Å². The van der Waals surface area contributed by atoms with E-state index in [1.54, 1.807) is 0 Å². The van der Waals surface area contributed by atoms with Crippen LogP contribution in [0.25, 0.3) is 0 Å². The summed E-state index contributed by atoms with van der Waals surface area (Å²) < 4.78 is 11.4. The molecule has 0 fully saturated rings. The summed E-state index contributed by atoms with van der Waals surface area (Å²) in [5.74, 6) is 0.876. The molecule has 0 atom stereocenters. The molecule has 0 saturated carbocycles. The maximum Gasteiger partial charge on any atom is 0.305 e. The highest BCUT2D eigenvalue weighted by Crippen LogP contribution is 2.15. The van der Waals surface area contributed by atoms with Crippen LogP contribution >= 0.6 is 0 Å². The van der Waals surface area contributed by atoms with E-state index in [-0.39, 0.29) is 5.97 Å². The average Bonchev–Trinajstić information content (AvgIpc) is 3.08. The van der Waals surface area contributed by atoms with Crippen LogP contribution in [0.3, 0.4) is 0 Å². The molecule has 0 amide bonds. The Balaban J connectivity index is 1.88. The summed E-state index contributed by atoms with van der Waals surface area (Å²) in [4.78, 5) is 12.1. The maximum atomic E-state index is 12.1. The smallest absolute Gasteiger partial charge is 0.305 e. The third-order valence-electron chi connectivity index (χ3n) is 9.14. The summed E-state index contributed by atoms with van der Waals surface area (Å²) in [5.41, 5.74) is 1.18. The van der Waals surface area contributed by atoms with Gasteiger partial charge in [-0.2, -0.15) is 0 Å². The Labute approximate surface area is 292 Å². The summed E-state index contributed by atoms with van der Waals surface area (Å²) in [7, 11) is 0. The number of allylic oxidation sites excluding steroid dienone is 4. The molecule has 0 unspecified atom stereocenters. The van der Waals surface area contributed by atoms with Gasteiger partial charge in [-0.05, 0) is 81.9 Å². The number of esters is 1. The van der Waals surface area contributed by atoms with E-state index in [4.69, 9.17) is 9.47 Å². The fraction of sp³-hybridized carbons (Fsp3) is 0.750. The second kappa shape index (κ2) is 35.3. The van der Waals surface area contributed by atoms with Gasteiger partial charge in [0.05, 0.1) is 13.2 Å². The van der Waals surface area contributed by atoms with E-state index in [2.05, 4.69) is 50.3 Å². The van der Waals surface area contributed by atoms with Gasteiger partial charge in [0.15, 0.2) is 0 Å². The van der Waals surface area contributed by atoms with Crippen molar-refractivity contribution < 1.29 is 14.3 Å². The van der Waals surface area contributed by atoms with Crippen molar-refractivity contribution in [2.24, 2.45) is 0 Å². The number of unbranched alkanes of at least 4 members (excludes halogenated alkanes) is 23. The van der Waals surface area contributed by atoms with Crippen LogP contribution in [0.2, 0.25) is 0 Å². The standard InChI is InChI=1S/C44H76O3/c1-3-5-7-9-11-13-15-17-19-21-23-25-27-29-31-33-40-46-43-37-35-42(36-38-43)39-41-47-44(45)34-32-30-28-26-24-22-20-18-16-14-12-10-8-6-4-2/h17-20,35-38H,3-16,21-34,39-41H2,1-2H3/b19-17-,20-18-. The highest BCUT2D eigenvalue weighted by atomic mass is 16.5. The zero-order chi connectivity index (χ0) is 33.7. The van der Waals surface area contributed by atoms with Gasteiger partial charge in [0.1, 0.15) is 5.75 Å². The first-order valence-electron chi connectivity index (χ1n) is 20.4. The number of hydrogen-bond acceptors (Lipinski definition) is 3. The number of rotatable bonds is 35. The van der Waals surface area contributed by atoms with Gasteiger partial charge in [-0.3, -0.25) is 4.79 Å². The lowest BCUT2D eigenvalue weighted by Crippen LogP contribution is -2.07. The number of carbonyl (C=O) groups excluding carboxylic acids is 1. The van der Waals surface area contributed by atoms with Crippen LogP contribution in [-0.2, 0) is 16.0 Å². The SMILES string of the molecule is CCCCCCCC/C=C\CCCCCCCCOc1ccc(CCOC(=O)CCCCCCC/C=C\CCCCCCCC)cc1. The summed E-state index contributed by atoms with van der Waals surface area (Å²) in [6, 6.07) is 8.27. The minimum absolute atomic E-state index is 0.0572. The number of carbonyl (C=O) groups is 1. The van der Waals surface area contributed by atoms with Crippen LogP contribution in [0.15, 0.2) is 48.6 Å². The molecule has 0 heterocycles. The third kappa shape index (κ3) is 31.0. The van der Waals surface area contributed by atoms with Crippen molar-refractivity contribution in [3.8, 4) is 5.75 Å². The van der Waals surface area contributed by atoms with Gasteiger partial charge in [0.2, 0.25) is 0 Å². The molecule has 0 aliphatic carbocycles. The van der Waals surface area contributed by atoms with Gasteiger partial charge in [-0.15, -0.1) is 0 Å². The first-order valence-corrected chi connectivity index (χ1v) is 20.4. The molecule has 1 aromatic rings. The lowest BCUT2D eigenvalue weighted by atomic mass is 10.1. The third-order valence-corrected chi connectivity index (χ3v) is 9.14. The topological polar surface area (TPSA) is 35.5 Å².